The van der Waals surface area contributed by atoms with Crippen LogP contribution in [-0.2, 0) is 12.8 Å². The zero-order chi connectivity index (χ0) is 17.7. The van der Waals surface area contributed by atoms with Gasteiger partial charge in [-0.2, -0.15) is 5.26 Å². The van der Waals surface area contributed by atoms with Crippen LogP contribution in [0, 0.1) is 11.3 Å². The molecule has 4 aromatic rings. The molecule has 0 saturated heterocycles. The number of hydrogen-bond acceptors (Lipinski definition) is 4. The highest BCUT2D eigenvalue weighted by Gasteiger charge is 2.27. The fourth-order valence-corrected chi connectivity index (χ4v) is 3.97. The predicted octanol–water partition coefficient (Wildman–Crippen LogP) is 4.63. The molecular formula is C22H18N2O2. The van der Waals surface area contributed by atoms with Crippen molar-refractivity contribution in [3.05, 3.63) is 71.2 Å². The fourth-order valence-electron chi connectivity index (χ4n) is 3.97. The van der Waals surface area contributed by atoms with Gasteiger partial charge in [0.15, 0.2) is 0 Å². The Kier molecular flexibility index (Phi) is 3.37. The van der Waals surface area contributed by atoms with Gasteiger partial charge in [-0.05, 0) is 78.0 Å². The van der Waals surface area contributed by atoms with Gasteiger partial charge in [0.1, 0.15) is 11.2 Å². The molecular weight excluding hydrogens is 324 g/mol. The number of fused-ring (bicyclic) bond motifs is 4. The van der Waals surface area contributed by atoms with Gasteiger partial charge in [-0.1, -0.05) is 0 Å². The van der Waals surface area contributed by atoms with E-state index < -0.39 is 0 Å². The van der Waals surface area contributed by atoms with E-state index in [1.54, 1.807) is 12.5 Å². The van der Waals surface area contributed by atoms with Crippen LogP contribution in [0.25, 0.3) is 21.9 Å². The number of furan rings is 2. The second kappa shape index (κ2) is 5.76. The first-order valence-corrected chi connectivity index (χ1v) is 8.86. The quantitative estimate of drug-likeness (QED) is 0.547. The lowest BCUT2D eigenvalue weighted by atomic mass is 9.77. The third-order valence-corrected chi connectivity index (χ3v) is 5.57. The molecule has 0 saturated carbocycles. The van der Waals surface area contributed by atoms with E-state index in [4.69, 9.17) is 19.8 Å². The molecule has 4 nitrogen and oxygen atoms in total. The zero-order valence-corrected chi connectivity index (χ0v) is 14.2. The van der Waals surface area contributed by atoms with E-state index in [1.165, 1.54) is 22.1 Å². The van der Waals surface area contributed by atoms with Crippen molar-refractivity contribution in [3.63, 3.8) is 0 Å². The van der Waals surface area contributed by atoms with Crippen LogP contribution >= 0.6 is 0 Å². The summed E-state index contributed by atoms with van der Waals surface area (Å²) in [4.78, 5) is 0. The van der Waals surface area contributed by atoms with Crippen molar-refractivity contribution in [2.24, 2.45) is 5.73 Å². The molecule has 2 aromatic carbocycles. The minimum atomic E-state index is 0.0875. The van der Waals surface area contributed by atoms with Gasteiger partial charge < -0.3 is 14.6 Å². The minimum Gasteiger partial charge on any atom is -0.464 e. The summed E-state index contributed by atoms with van der Waals surface area (Å²) in [5.74, 6) is 0.647. The molecule has 0 aliphatic heterocycles. The lowest BCUT2D eigenvalue weighted by Crippen LogP contribution is -2.24. The predicted molar refractivity (Wildman–Crippen MR) is 100.0 cm³/mol. The summed E-state index contributed by atoms with van der Waals surface area (Å²) in [6.07, 6.45) is 5.45. The summed E-state index contributed by atoms with van der Waals surface area (Å²) in [6.45, 7) is 0.749. The van der Waals surface area contributed by atoms with E-state index in [-0.39, 0.29) is 5.92 Å². The van der Waals surface area contributed by atoms with Gasteiger partial charge in [0.2, 0.25) is 0 Å². The van der Waals surface area contributed by atoms with E-state index in [2.05, 4.69) is 24.3 Å². The average molecular weight is 342 g/mol. The van der Waals surface area contributed by atoms with Gasteiger partial charge in [-0.25, -0.2) is 0 Å². The second-order valence-electron chi connectivity index (χ2n) is 7.04. The van der Waals surface area contributed by atoms with Crippen molar-refractivity contribution in [1.82, 2.24) is 0 Å². The largest absolute Gasteiger partial charge is 0.464 e. The lowest BCUT2D eigenvalue weighted by molar-refractivity contribution is 0.599. The Bertz CT molecular complexity index is 1160. The van der Waals surface area contributed by atoms with Crippen LogP contribution in [0.15, 0.2) is 57.8 Å². The maximum absolute atomic E-state index is 8.77. The molecule has 26 heavy (non-hydrogen) atoms. The van der Waals surface area contributed by atoms with Crippen molar-refractivity contribution < 1.29 is 8.83 Å². The third kappa shape index (κ3) is 2.25. The summed E-state index contributed by atoms with van der Waals surface area (Å²) in [5, 5.41) is 11.1. The Labute approximate surface area is 150 Å². The molecule has 2 heterocycles. The van der Waals surface area contributed by atoms with Gasteiger partial charge in [-0.15, -0.1) is 0 Å². The molecule has 2 aromatic heterocycles. The first-order chi connectivity index (χ1) is 12.8. The van der Waals surface area contributed by atoms with Gasteiger partial charge >= 0.3 is 0 Å². The van der Waals surface area contributed by atoms with Crippen LogP contribution < -0.4 is 5.73 Å². The molecule has 2 aliphatic rings. The van der Waals surface area contributed by atoms with Crippen LogP contribution in [0.1, 0.15) is 34.1 Å². The number of nitrogens with zero attached hydrogens (tertiary/aromatic N) is 1. The van der Waals surface area contributed by atoms with Gasteiger partial charge in [0, 0.05) is 16.7 Å². The highest BCUT2D eigenvalue weighted by Crippen LogP contribution is 2.38. The third-order valence-electron chi connectivity index (χ3n) is 5.57. The maximum atomic E-state index is 8.77. The molecule has 2 aliphatic carbocycles. The Balaban J connectivity index is 0.000000115. The first kappa shape index (κ1) is 15.2. The highest BCUT2D eigenvalue weighted by atomic mass is 16.3. The zero-order valence-electron chi connectivity index (χ0n) is 14.2. The molecule has 0 fully saturated rings. The lowest BCUT2D eigenvalue weighted by Gasteiger charge is -2.28. The summed E-state index contributed by atoms with van der Waals surface area (Å²) in [7, 11) is 0. The van der Waals surface area contributed by atoms with Crippen LogP contribution in [0.5, 0.6) is 0 Å². The molecule has 128 valence electrons. The Morgan fingerprint density at radius 1 is 0.923 bits per heavy atom. The molecule has 4 heteroatoms. The monoisotopic (exact) mass is 342 g/mol. The first-order valence-electron chi connectivity index (χ1n) is 8.86. The maximum Gasteiger partial charge on any atom is 0.134 e. The van der Waals surface area contributed by atoms with E-state index in [0.29, 0.717) is 5.92 Å². The van der Waals surface area contributed by atoms with Crippen LogP contribution in [0.2, 0.25) is 0 Å². The van der Waals surface area contributed by atoms with E-state index in [9.17, 15) is 0 Å². The molecule has 0 amide bonds. The van der Waals surface area contributed by atoms with Crippen LogP contribution in [0.4, 0.5) is 0 Å². The number of benzene rings is 2. The van der Waals surface area contributed by atoms with Gasteiger partial charge in [0.05, 0.1) is 24.5 Å². The summed E-state index contributed by atoms with van der Waals surface area (Å²) < 4.78 is 10.6. The molecule has 0 bridgehead atoms. The summed E-state index contributed by atoms with van der Waals surface area (Å²) in [5.41, 5.74) is 12.8. The molecule has 0 radical (unpaired) electrons. The fraction of sp³-hybridized carbons (Fsp3) is 0.227. The molecule has 6 rings (SSSR count). The highest BCUT2D eigenvalue weighted by molar-refractivity contribution is 5.81. The van der Waals surface area contributed by atoms with E-state index >= 15 is 0 Å². The van der Waals surface area contributed by atoms with Crippen LogP contribution in [0.3, 0.4) is 0 Å². The Morgan fingerprint density at radius 2 is 1.54 bits per heavy atom. The SMILES string of the molecule is N#CC1Cc2cc3ccoc3cc21.NCC1Cc2cc3ccoc3cc21. The Morgan fingerprint density at radius 3 is 2.15 bits per heavy atom. The van der Waals surface area contributed by atoms with Crippen molar-refractivity contribution in [3.8, 4) is 6.07 Å². The second-order valence-corrected chi connectivity index (χ2v) is 7.04. The van der Waals surface area contributed by atoms with Crippen molar-refractivity contribution in [2.45, 2.75) is 24.7 Å². The van der Waals surface area contributed by atoms with E-state index in [1.807, 2.05) is 18.2 Å². The van der Waals surface area contributed by atoms with Gasteiger partial charge in [-0.3, -0.25) is 0 Å². The van der Waals surface area contributed by atoms with Crippen molar-refractivity contribution in [2.75, 3.05) is 6.54 Å². The smallest absolute Gasteiger partial charge is 0.134 e. The van der Waals surface area contributed by atoms with Crippen molar-refractivity contribution in [1.29, 1.82) is 5.26 Å². The standard InChI is InChI=1S/C11H11NO.C11H7NO/c2*12-6-9-4-8-3-7-1-2-13-11(7)5-10(8)9/h1-3,5,9H,4,6,12H2;1-3,5,9H,4H2. The number of hydrogen-bond donors (Lipinski definition) is 1. The Hall–Kier alpha value is -3.03. The minimum absolute atomic E-state index is 0.0875. The number of nitriles is 1. The molecule has 2 atom stereocenters. The average Bonchev–Trinajstić information content (AvgIpc) is 3.27. The van der Waals surface area contributed by atoms with Gasteiger partial charge in [0.25, 0.3) is 0 Å². The van der Waals surface area contributed by atoms with Crippen molar-refractivity contribution >= 4 is 21.9 Å². The number of nitrogens with two attached hydrogens (primary N) is 1. The normalized spacial score (nSPS) is 19.5. The molecule has 2 N–H and O–H groups in total. The summed E-state index contributed by atoms with van der Waals surface area (Å²) >= 11 is 0. The summed E-state index contributed by atoms with van der Waals surface area (Å²) in [6, 6.07) is 14.7. The topological polar surface area (TPSA) is 76.1 Å². The van der Waals surface area contributed by atoms with E-state index in [0.717, 1.165) is 41.5 Å². The number of rotatable bonds is 1. The van der Waals surface area contributed by atoms with Crippen LogP contribution in [-0.4, -0.2) is 6.54 Å². The molecule has 0 spiro atoms. The molecule has 2 unspecified atom stereocenters.